The van der Waals surface area contributed by atoms with Gasteiger partial charge in [0.1, 0.15) is 5.75 Å². The van der Waals surface area contributed by atoms with Crippen LogP contribution >= 0.6 is 11.3 Å². The van der Waals surface area contributed by atoms with Crippen molar-refractivity contribution in [2.75, 3.05) is 27.4 Å². The number of aromatic nitrogens is 1. The van der Waals surface area contributed by atoms with Gasteiger partial charge < -0.3 is 23.7 Å². The molecule has 10 nitrogen and oxygen atoms in total. The van der Waals surface area contributed by atoms with Crippen LogP contribution in [-0.4, -0.2) is 50.0 Å². The molecule has 41 heavy (non-hydrogen) atoms. The lowest BCUT2D eigenvalue weighted by molar-refractivity contribution is -0.143. The van der Waals surface area contributed by atoms with Crippen LogP contribution in [0, 0.1) is 0 Å². The number of carbonyl (C=O) groups is 2. The molecule has 4 rings (SSSR count). The Balaban J connectivity index is 1.81. The Morgan fingerprint density at radius 3 is 2.46 bits per heavy atom. The molecule has 1 atom stereocenters. The highest BCUT2D eigenvalue weighted by Crippen LogP contribution is 2.36. The molecule has 0 unspecified atom stereocenters. The molecule has 1 aliphatic rings. The second kappa shape index (κ2) is 12.9. The number of nitrogens with zero attached hydrogens (tertiary/aromatic N) is 2. The van der Waals surface area contributed by atoms with E-state index in [9.17, 15) is 14.4 Å². The number of hydrogen-bond acceptors (Lipinski definition) is 10. The highest BCUT2D eigenvalue weighted by Gasteiger charge is 2.34. The van der Waals surface area contributed by atoms with Crippen LogP contribution in [0.3, 0.4) is 0 Å². The van der Waals surface area contributed by atoms with E-state index in [0.29, 0.717) is 37.8 Å². The number of fused-ring (bicyclic) bond motifs is 1. The fourth-order valence-corrected chi connectivity index (χ4v) is 5.37. The summed E-state index contributed by atoms with van der Waals surface area (Å²) in [4.78, 5) is 43.4. The van der Waals surface area contributed by atoms with Crippen LogP contribution in [0.25, 0.3) is 6.08 Å². The number of allylic oxidation sites excluding steroid dienone is 1. The van der Waals surface area contributed by atoms with Gasteiger partial charge in [-0.1, -0.05) is 29.5 Å². The second-order valence-electron chi connectivity index (χ2n) is 9.31. The zero-order chi connectivity index (χ0) is 29.7. The molecule has 0 aliphatic carbocycles. The van der Waals surface area contributed by atoms with Gasteiger partial charge in [0.15, 0.2) is 22.9 Å². The SMILES string of the molecule is CCOC(=O)C1=C(C)N=c2s/c(=C\c3ccc(OCC(=O)OC)cc3)c(=O)n2[C@H]1c1ccc(OC(C)C)c(OC)c1. The monoisotopic (exact) mass is 580 g/mol. The number of rotatable bonds is 10. The smallest absolute Gasteiger partial charge is 0.343 e. The Morgan fingerprint density at radius 1 is 1.10 bits per heavy atom. The minimum absolute atomic E-state index is 0.0712. The minimum Gasteiger partial charge on any atom is -0.493 e. The number of benzene rings is 2. The Bertz CT molecular complexity index is 1650. The molecule has 2 heterocycles. The van der Waals surface area contributed by atoms with Gasteiger partial charge in [-0.25, -0.2) is 14.6 Å². The Morgan fingerprint density at radius 2 is 1.83 bits per heavy atom. The van der Waals surface area contributed by atoms with E-state index in [0.717, 1.165) is 5.56 Å². The number of ether oxygens (including phenoxy) is 5. The van der Waals surface area contributed by atoms with Gasteiger partial charge >= 0.3 is 11.9 Å². The van der Waals surface area contributed by atoms with Crippen molar-refractivity contribution >= 4 is 29.4 Å². The standard InChI is InChI=1S/C30H32N2O8S/c1-7-38-29(35)26-18(4)31-30-32(27(26)20-10-13-22(40-17(2)3)23(15-20)36-5)28(34)24(41-30)14-19-8-11-21(12-9-19)39-16-25(33)37-6/h8-15,17,27H,7,16H2,1-6H3/b24-14-/t27-/m0/s1. The largest absolute Gasteiger partial charge is 0.493 e. The van der Waals surface area contributed by atoms with Gasteiger partial charge in [0.25, 0.3) is 5.56 Å². The molecule has 0 amide bonds. The van der Waals surface area contributed by atoms with E-state index < -0.39 is 18.0 Å². The number of esters is 2. The van der Waals surface area contributed by atoms with Crippen molar-refractivity contribution < 1.29 is 33.3 Å². The molecule has 0 fully saturated rings. The third-order valence-electron chi connectivity index (χ3n) is 6.15. The van der Waals surface area contributed by atoms with E-state index in [4.69, 9.17) is 18.9 Å². The summed E-state index contributed by atoms with van der Waals surface area (Å²) in [7, 11) is 2.83. The molecule has 0 saturated heterocycles. The summed E-state index contributed by atoms with van der Waals surface area (Å²) in [6, 6.07) is 11.5. The lowest BCUT2D eigenvalue weighted by Gasteiger charge is -2.25. The van der Waals surface area contributed by atoms with Crippen LogP contribution in [-0.2, 0) is 19.1 Å². The van der Waals surface area contributed by atoms with Gasteiger partial charge in [-0.15, -0.1) is 0 Å². The van der Waals surface area contributed by atoms with Crippen molar-refractivity contribution in [2.24, 2.45) is 4.99 Å². The first-order chi connectivity index (χ1) is 19.7. The molecule has 2 aromatic carbocycles. The summed E-state index contributed by atoms with van der Waals surface area (Å²) in [5, 5.41) is 0. The zero-order valence-electron chi connectivity index (χ0n) is 23.8. The van der Waals surface area contributed by atoms with E-state index in [-0.39, 0.29) is 30.5 Å². The number of methoxy groups -OCH3 is 2. The minimum atomic E-state index is -0.788. The summed E-state index contributed by atoms with van der Waals surface area (Å²) in [5.74, 6) is 0.489. The van der Waals surface area contributed by atoms with Crippen LogP contribution in [0.2, 0.25) is 0 Å². The maximum absolute atomic E-state index is 13.9. The van der Waals surface area contributed by atoms with Crippen molar-refractivity contribution in [3.8, 4) is 17.2 Å². The number of thiazole rings is 1. The predicted octanol–water partition coefficient (Wildman–Crippen LogP) is 3.15. The molecule has 0 radical (unpaired) electrons. The van der Waals surface area contributed by atoms with Crippen molar-refractivity contribution in [3.63, 3.8) is 0 Å². The summed E-state index contributed by atoms with van der Waals surface area (Å²) >= 11 is 1.22. The first-order valence-electron chi connectivity index (χ1n) is 13.0. The molecule has 11 heteroatoms. The first kappa shape index (κ1) is 29.6. The maximum atomic E-state index is 13.9. The van der Waals surface area contributed by atoms with Crippen molar-refractivity contribution in [3.05, 3.63) is 84.5 Å². The van der Waals surface area contributed by atoms with E-state index >= 15 is 0 Å². The highest BCUT2D eigenvalue weighted by molar-refractivity contribution is 7.07. The summed E-state index contributed by atoms with van der Waals surface area (Å²) < 4.78 is 28.8. The molecule has 1 aliphatic heterocycles. The van der Waals surface area contributed by atoms with Crippen molar-refractivity contribution in [2.45, 2.75) is 39.8 Å². The molecular formula is C30H32N2O8S. The van der Waals surface area contributed by atoms with Gasteiger partial charge in [0.2, 0.25) is 0 Å². The quantitative estimate of drug-likeness (QED) is 0.336. The molecule has 0 N–H and O–H groups in total. The van der Waals surface area contributed by atoms with E-state index in [2.05, 4.69) is 9.73 Å². The van der Waals surface area contributed by atoms with E-state index in [1.165, 1.54) is 30.1 Å². The van der Waals surface area contributed by atoms with Crippen LogP contribution in [0.4, 0.5) is 0 Å². The summed E-state index contributed by atoms with van der Waals surface area (Å²) in [5.41, 5.74) is 1.83. The predicted molar refractivity (Wildman–Crippen MR) is 153 cm³/mol. The molecule has 3 aromatic rings. The van der Waals surface area contributed by atoms with Gasteiger partial charge in [0, 0.05) is 0 Å². The van der Waals surface area contributed by atoms with Gasteiger partial charge in [-0.05, 0) is 69.2 Å². The summed E-state index contributed by atoms with van der Waals surface area (Å²) in [6.07, 6.45) is 1.67. The van der Waals surface area contributed by atoms with Crippen molar-refractivity contribution in [1.29, 1.82) is 0 Å². The summed E-state index contributed by atoms with van der Waals surface area (Å²) in [6.45, 7) is 7.27. The number of hydrogen-bond donors (Lipinski definition) is 0. The van der Waals surface area contributed by atoms with Gasteiger partial charge in [0.05, 0.1) is 48.8 Å². The molecule has 0 bridgehead atoms. The Labute approximate surface area is 241 Å². The van der Waals surface area contributed by atoms with Crippen LogP contribution < -0.4 is 29.1 Å². The van der Waals surface area contributed by atoms with E-state index in [1.807, 2.05) is 19.9 Å². The Hall–Kier alpha value is -4.38. The van der Waals surface area contributed by atoms with Crippen LogP contribution in [0.1, 0.15) is 44.9 Å². The van der Waals surface area contributed by atoms with Gasteiger partial charge in [-0.2, -0.15) is 0 Å². The highest BCUT2D eigenvalue weighted by atomic mass is 32.1. The molecule has 0 saturated carbocycles. The van der Waals surface area contributed by atoms with E-state index in [1.54, 1.807) is 56.3 Å². The number of carbonyl (C=O) groups excluding carboxylic acids is 2. The molecular weight excluding hydrogens is 548 g/mol. The lowest BCUT2D eigenvalue weighted by atomic mass is 9.95. The molecule has 0 spiro atoms. The molecule has 1 aromatic heterocycles. The fourth-order valence-electron chi connectivity index (χ4n) is 4.33. The van der Waals surface area contributed by atoms with Crippen molar-refractivity contribution in [1.82, 2.24) is 4.57 Å². The normalized spacial score (nSPS) is 14.8. The third kappa shape index (κ3) is 6.51. The van der Waals surface area contributed by atoms with Crippen LogP contribution in [0.15, 0.2) is 63.5 Å². The Kier molecular flexibility index (Phi) is 9.28. The topological polar surface area (TPSA) is 115 Å². The maximum Gasteiger partial charge on any atom is 0.343 e. The average Bonchev–Trinajstić information content (AvgIpc) is 3.25. The molecule has 216 valence electrons. The van der Waals surface area contributed by atoms with Crippen LogP contribution in [0.5, 0.6) is 17.2 Å². The lowest BCUT2D eigenvalue weighted by Crippen LogP contribution is -2.40. The first-order valence-corrected chi connectivity index (χ1v) is 13.8. The average molecular weight is 581 g/mol. The second-order valence-corrected chi connectivity index (χ2v) is 10.3. The van der Waals surface area contributed by atoms with Gasteiger partial charge in [-0.3, -0.25) is 9.36 Å². The fraction of sp³-hybridized carbons (Fsp3) is 0.333. The third-order valence-corrected chi connectivity index (χ3v) is 7.13. The zero-order valence-corrected chi connectivity index (χ0v) is 24.6.